The summed E-state index contributed by atoms with van der Waals surface area (Å²) in [7, 11) is 3.08. The van der Waals surface area contributed by atoms with E-state index in [0.717, 1.165) is 0 Å². The summed E-state index contributed by atoms with van der Waals surface area (Å²) < 4.78 is 0. The highest BCUT2D eigenvalue weighted by Gasteiger charge is 2.16. The van der Waals surface area contributed by atoms with Gasteiger partial charge >= 0.3 is 6.03 Å². The Morgan fingerprint density at radius 1 is 1.55 bits per heavy atom. The van der Waals surface area contributed by atoms with E-state index in [9.17, 15) is 4.79 Å². The Hall–Kier alpha value is -0.190. The van der Waals surface area contributed by atoms with Crippen LogP contribution in [0.25, 0.3) is 0 Å². The minimum atomic E-state index is -1.23. The first-order valence-corrected chi connectivity index (χ1v) is 3.76. The Kier molecular flexibility index (Phi) is 4.56. The van der Waals surface area contributed by atoms with Crippen molar-refractivity contribution in [3.63, 3.8) is 0 Å². The molecule has 11 heavy (non-hydrogen) atoms. The number of aliphatic hydroxyl groups excluding tert-OH is 1. The lowest BCUT2D eigenvalue weighted by atomic mass is 10.6. The van der Waals surface area contributed by atoms with Gasteiger partial charge in [-0.25, -0.2) is 4.79 Å². The standard InChI is InChI=1S/C5H10Cl2N2O2/c1-9(2)5(11)8-4(10)3(6)7/h3-4,10H,1-2H3,(H,8,11)/t4-/m0/s1. The molecule has 1 atom stereocenters. The summed E-state index contributed by atoms with van der Waals surface area (Å²) >= 11 is 10.5. The van der Waals surface area contributed by atoms with E-state index >= 15 is 0 Å². The van der Waals surface area contributed by atoms with Gasteiger partial charge in [0.05, 0.1) is 0 Å². The van der Waals surface area contributed by atoms with E-state index in [4.69, 9.17) is 28.3 Å². The van der Waals surface area contributed by atoms with E-state index in [2.05, 4.69) is 5.32 Å². The number of carbonyl (C=O) groups is 1. The fourth-order valence-corrected chi connectivity index (χ4v) is 0.445. The van der Waals surface area contributed by atoms with Crippen LogP contribution in [0, 0.1) is 0 Å². The molecule has 0 aromatic rings. The topological polar surface area (TPSA) is 52.6 Å². The Bertz CT molecular complexity index is 140. The van der Waals surface area contributed by atoms with Gasteiger partial charge in [-0.1, -0.05) is 0 Å². The highest BCUT2D eigenvalue weighted by molar-refractivity contribution is 6.44. The van der Waals surface area contributed by atoms with Gasteiger partial charge < -0.3 is 15.3 Å². The molecule has 4 nitrogen and oxygen atoms in total. The summed E-state index contributed by atoms with van der Waals surface area (Å²) in [6, 6.07) is -0.441. The molecule has 6 heteroatoms. The molecular formula is C5H10Cl2N2O2. The second kappa shape index (κ2) is 4.64. The number of hydrogen-bond donors (Lipinski definition) is 2. The Morgan fingerprint density at radius 3 is 2.27 bits per heavy atom. The Labute approximate surface area is 75.1 Å². The van der Waals surface area contributed by atoms with Crippen LogP contribution in [0.1, 0.15) is 0 Å². The maximum absolute atomic E-state index is 10.8. The smallest absolute Gasteiger partial charge is 0.318 e. The van der Waals surface area contributed by atoms with Gasteiger partial charge in [0, 0.05) is 14.1 Å². The SMILES string of the molecule is CN(C)C(=O)N[C@@H](O)C(Cl)Cl. The van der Waals surface area contributed by atoms with Gasteiger partial charge in [-0.05, 0) is 0 Å². The number of carbonyl (C=O) groups excluding carboxylic acids is 1. The predicted octanol–water partition coefficient (Wildman–Crippen LogP) is 0.380. The lowest BCUT2D eigenvalue weighted by Crippen LogP contribution is -2.44. The van der Waals surface area contributed by atoms with Crippen molar-refractivity contribution in [3.05, 3.63) is 0 Å². The molecule has 0 radical (unpaired) electrons. The molecule has 0 aliphatic heterocycles. The average Bonchev–Trinajstić information content (AvgIpc) is 1.87. The molecule has 0 fully saturated rings. The summed E-state index contributed by atoms with van der Waals surface area (Å²) in [4.78, 5) is 11.0. The van der Waals surface area contributed by atoms with Crippen LogP contribution in [-0.2, 0) is 0 Å². The van der Waals surface area contributed by atoms with Gasteiger partial charge in [-0.2, -0.15) is 0 Å². The molecule has 0 aliphatic carbocycles. The fourth-order valence-electron chi connectivity index (χ4n) is 0.319. The monoisotopic (exact) mass is 200 g/mol. The highest BCUT2D eigenvalue weighted by Crippen LogP contribution is 2.04. The largest absolute Gasteiger partial charge is 0.371 e. The van der Waals surface area contributed by atoms with Crippen molar-refractivity contribution >= 4 is 29.2 Å². The Morgan fingerprint density at radius 2 is 2.00 bits per heavy atom. The normalized spacial score (nSPS) is 12.9. The second-order valence-corrected chi connectivity index (χ2v) is 3.29. The first-order chi connectivity index (χ1) is 4.95. The number of hydrogen-bond acceptors (Lipinski definition) is 2. The maximum atomic E-state index is 10.8. The molecule has 0 unspecified atom stereocenters. The number of nitrogens with one attached hydrogen (secondary N) is 1. The zero-order valence-corrected chi connectivity index (χ0v) is 7.73. The maximum Gasteiger partial charge on any atom is 0.318 e. The van der Waals surface area contributed by atoms with Gasteiger partial charge in [-0.15, -0.1) is 23.2 Å². The van der Waals surface area contributed by atoms with E-state index < -0.39 is 17.1 Å². The van der Waals surface area contributed by atoms with Crippen LogP contribution in [0.2, 0.25) is 0 Å². The van der Waals surface area contributed by atoms with Crippen molar-refractivity contribution in [1.29, 1.82) is 0 Å². The molecule has 66 valence electrons. The predicted molar refractivity (Wildman–Crippen MR) is 43.7 cm³/mol. The summed E-state index contributed by atoms with van der Waals surface area (Å²) in [6.45, 7) is 0. The van der Waals surface area contributed by atoms with Crippen molar-refractivity contribution < 1.29 is 9.90 Å². The van der Waals surface area contributed by atoms with Crippen molar-refractivity contribution in [2.75, 3.05) is 14.1 Å². The van der Waals surface area contributed by atoms with E-state index in [1.54, 1.807) is 14.1 Å². The molecule has 0 aliphatic rings. The molecule has 0 aromatic carbocycles. The molecule has 0 saturated heterocycles. The molecule has 0 saturated carbocycles. The minimum Gasteiger partial charge on any atom is -0.371 e. The van der Waals surface area contributed by atoms with Crippen LogP contribution in [0.15, 0.2) is 0 Å². The number of rotatable bonds is 2. The van der Waals surface area contributed by atoms with Crippen LogP contribution >= 0.6 is 23.2 Å². The van der Waals surface area contributed by atoms with Gasteiger partial charge in [0.1, 0.15) is 0 Å². The first kappa shape index (κ1) is 10.8. The van der Waals surface area contributed by atoms with E-state index in [1.165, 1.54) is 4.90 Å². The zero-order valence-electron chi connectivity index (χ0n) is 6.21. The molecule has 2 N–H and O–H groups in total. The number of aliphatic hydroxyl groups is 1. The van der Waals surface area contributed by atoms with Gasteiger partial charge in [-0.3, -0.25) is 0 Å². The average molecular weight is 201 g/mol. The zero-order chi connectivity index (χ0) is 9.02. The van der Waals surface area contributed by atoms with Crippen LogP contribution in [0.4, 0.5) is 4.79 Å². The molecule has 0 rings (SSSR count). The third-order valence-electron chi connectivity index (χ3n) is 0.916. The molecule has 0 heterocycles. The first-order valence-electron chi connectivity index (χ1n) is 2.89. The second-order valence-electron chi connectivity index (χ2n) is 2.12. The molecular weight excluding hydrogens is 191 g/mol. The summed E-state index contributed by atoms with van der Waals surface area (Å²) in [5.41, 5.74) is 0. The third kappa shape index (κ3) is 4.29. The lowest BCUT2D eigenvalue weighted by Gasteiger charge is -2.17. The van der Waals surface area contributed by atoms with E-state index in [1.807, 2.05) is 0 Å². The van der Waals surface area contributed by atoms with Gasteiger partial charge in [0.15, 0.2) is 11.1 Å². The lowest BCUT2D eigenvalue weighted by molar-refractivity contribution is 0.142. The molecule has 0 bridgehead atoms. The van der Waals surface area contributed by atoms with Crippen LogP contribution in [0.5, 0.6) is 0 Å². The number of amides is 2. The van der Waals surface area contributed by atoms with Crippen molar-refractivity contribution in [2.45, 2.75) is 11.1 Å². The quantitative estimate of drug-likeness (QED) is 0.501. The number of urea groups is 1. The van der Waals surface area contributed by atoms with E-state index in [0.29, 0.717) is 0 Å². The molecule has 0 aromatic heterocycles. The number of nitrogens with zero attached hydrogens (tertiary/aromatic N) is 1. The van der Waals surface area contributed by atoms with Crippen LogP contribution in [0.3, 0.4) is 0 Å². The molecule has 2 amide bonds. The van der Waals surface area contributed by atoms with Gasteiger partial charge in [0.2, 0.25) is 0 Å². The van der Waals surface area contributed by atoms with Crippen molar-refractivity contribution in [1.82, 2.24) is 10.2 Å². The van der Waals surface area contributed by atoms with Crippen molar-refractivity contribution in [2.24, 2.45) is 0 Å². The van der Waals surface area contributed by atoms with Crippen molar-refractivity contribution in [3.8, 4) is 0 Å². The van der Waals surface area contributed by atoms with Crippen LogP contribution < -0.4 is 5.32 Å². The number of halogens is 2. The summed E-state index contributed by atoms with van der Waals surface area (Å²) in [6.07, 6.45) is -1.23. The third-order valence-corrected chi connectivity index (χ3v) is 1.39. The Balaban J connectivity index is 3.76. The van der Waals surface area contributed by atoms with Crippen LogP contribution in [-0.4, -0.2) is 41.2 Å². The summed E-state index contributed by atoms with van der Waals surface area (Å²) in [5.74, 6) is 0. The minimum absolute atomic E-state index is 0.441. The fraction of sp³-hybridized carbons (Fsp3) is 0.800. The van der Waals surface area contributed by atoms with Gasteiger partial charge in [0.25, 0.3) is 0 Å². The number of alkyl halides is 2. The molecule has 0 spiro atoms. The van der Waals surface area contributed by atoms with E-state index in [-0.39, 0.29) is 0 Å². The highest BCUT2D eigenvalue weighted by atomic mass is 35.5. The summed E-state index contributed by atoms with van der Waals surface area (Å²) in [5, 5.41) is 11.1.